The molecule has 1 aliphatic heterocycles. The molecule has 0 N–H and O–H groups in total. The van der Waals surface area contributed by atoms with E-state index in [9.17, 15) is 4.79 Å². The number of fused-ring (bicyclic) bond motifs is 1. The van der Waals surface area contributed by atoms with Gasteiger partial charge in [-0.25, -0.2) is 0 Å². The largest absolute Gasteiger partial charge is 0.493 e. The Balaban J connectivity index is 1.37. The predicted molar refractivity (Wildman–Crippen MR) is 134 cm³/mol. The van der Waals surface area contributed by atoms with Gasteiger partial charge < -0.3 is 19.3 Å². The molecule has 0 radical (unpaired) electrons. The van der Waals surface area contributed by atoms with Crippen molar-refractivity contribution in [2.45, 2.75) is 12.8 Å². The Morgan fingerprint density at radius 1 is 0.970 bits per heavy atom. The van der Waals surface area contributed by atoms with E-state index < -0.39 is 0 Å². The minimum Gasteiger partial charge on any atom is -0.493 e. The summed E-state index contributed by atoms with van der Waals surface area (Å²) in [6.07, 6.45) is 3.85. The highest BCUT2D eigenvalue weighted by molar-refractivity contribution is 6.15. The molecule has 2 aromatic carbocycles. The number of allylic oxidation sites excluding steroid dienone is 1. The van der Waals surface area contributed by atoms with Gasteiger partial charge in [-0.3, -0.25) is 9.69 Å². The van der Waals surface area contributed by atoms with Gasteiger partial charge in [0.2, 0.25) is 0 Å². The molecule has 176 valence electrons. The van der Waals surface area contributed by atoms with Gasteiger partial charge in [0.1, 0.15) is 0 Å². The summed E-state index contributed by atoms with van der Waals surface area (Å²) in [5, 5.41) is 0. The van der Waals surface area contributed by atoms with E-state index in [0.29, 0.717) is 23.5 Å². The summed E-state index contributed by atoms with van der Waals surface area (Å²) in [7, 11) is 7.47. The van der Waals surface area contributed by atoms with Crippen molar-refractivity contribution in [2.75, 3.05) is 72.5 Å². The summed E-state index contributed by atoms with van der Waals surface area (Å²) in [5.41, 5.74) is 4.80. The smallest absolute Gasteiger partial charge is 0.189 e. The fourth-order valence-electron chi connectivity index (χ4n) is 4.68. The van der Waals surface area contributed by atoms with Gasteiger partial charge in [-0.2, -0.15) is 0 Å². The van der Waals surface area contributed by atoms with E-state index >= 15 is 0 Å². The Morgan fingerprint density at radius 3 is 2.27 bits per heavy atom. The molecule has 0 aromatic heterocycles. The minimum absolute atomic E-state index is 0.0698. The normalized spacial score (nSPS) is 17.7. The van der Waals surface area contributed by atoms with Gasteiger partial charge >= 0.3 is 0 Å². The van der Waals surface area contributed by atoms with Crippen LogP contribution >= 0.6 is 0 Å². The Kier molecular flexibility index (Phi) is 7.36. The van der Waals surface area contributed by atoms with Gasteiger partial charge in [0.05, 0.1) is 14.2 Å². The van der Waals surface area contributed by atoms with Crippen molar-refractivity contribution < 1.29 is 14.3 Å². The van der Waals surface area contributed by atoms with E-state index in [-0.39, 0.29) is 5.78 Å². The zero-order valence-corrected chi connectivity index (χ0v) is 20.3. The molecule has 2 aliphatic rings. The topological polar surface area (TPSA) is 45.3 Å². The molecule has 1 aliphatic carbocycles. The summed E-state index contributed by atoms with van der Waals surface area (Å²) in [4.78, 5) is 20.2. The number of benzene rings is 2. The number of methoxy groups -OCH3 is 2. The van der Waals surface area contributed by atoms with Gasteiger partial charge in [-0.15, -0.1) is 0 Å². The van der Waals surface area contributed by atoms with Crippen molar-refractivity contribution in [2.24, 2.45) is 0 Å². The molecule has 0 amide bonds. The van der Waals surface area contributed by atoms with Gasteiger partial charge in [0.15, 0.2) is 17.3 Å². The van der Waals surface area contributed by atoms with Crippen molar-refractivity contribution in [1.29, 1.82) is 0 Å². The molecule has 1 saturated heterocycles. The second-order valence-electron chi connectivity index (χ2n) is 9.12. The zero-order valence-electron chi connectivity index (χ0n) is 20.3. The highest BCUT2D eigenvalue weighted by atomic mass is 16.5. The van der Waals surface area contributed by atoms with Crippen molar-refractivity contribution in [3.63, 3.8) is 0 Å². The van der Waals surface area contributed by atoms with E-state index in [2.05, 4.69) is 53.1 Å². The maximum absolute atomic E-state index is 12.9. The number of ketones is 1. The predicted octanol–water partition coefficient (Wildman–Crippen LogP) is 3.60. The average molecular weight is 450 g/mol. The summed E-state index contributed by atoms with van der Waals surface area (Å²) in [6, 6.07) is 12.3. The maximum atomic E-state index is 12.9. The molecule has 0 saturated carbocycles. The van der Waals surface area contributed by atoms with Crippen molar-refractivity contribution >= 4 is 17.5 Å². The van der Waals surface area contributed by atoms with E-state index in [1.807, 2.05) is 12.1 Å². The third-order valence-electron chi connectivity index (χ3n) is 6.58. The molecule has 1 heterocycles. The molecule has 0 bridgehead atoms. The van der Waals surface area contributed by atoms with E-state index in [4.69, 9.17) is 9.47 Å². The standard InChI is InChI=1S/C27H35N3O3/c1-28(2)10-5-11-29-12-14-30(15-13-29)23-8-6-20(7-9-23)16-22-17-21-18-25(32-3)26(33-4)19-24(21)27(22)31/h6-9,16,18-19H,5,10-15,17H2,1-4H3/b22-16-. The first-order chi connectivity index (χ1) is 16.0. The van der Waals surface area contributed by atoms with E-state index in [1.54, 1.807) is 20.3 Å². The third kappa shape index (κ3) is 5.40. The molecule has 6 heteroatoms. The molecule has 6 nitrogen and oxygen atoms in total. The van der Waals surface area contributed by atoms with Gasteiger partial charge in [0.25, 0.3) is 0 Å². The number of carbonyl (C=O) groups excluding carboxylic acids is 1. The number of Topliss-reactive ketones (excluding diaryl/α,β-unsaturated/α-hetero) is 1. The number of nitrogens with zero attached hydrogens (tertiary/aromatic N) is 3. The molecule has 1 fully saturated rings. The van der Waals surface area contributed by atoms with E-state index in [1.165, 1.54) is 18.7 Å². The second-order valence-corrected chi connectivity index (χ2v) is 9.12. The quantitative estimate of drug-likeness (QED) is 0.574. The van der Waals surface area contributed by atoms with E-state index in [0.717, 1.165) is 49.4 Å². The van der Waals surface area contributed by atoms with Crippen molar-refractivity contribution in [3.8, 4) is 11.5 Å². The highest BCUT2D eigenvalue weighted by Gasteiger charge is 2.27. The molecule has 0 spiro atoms. The maximum Gasteiger partial charge on any atom is 0.189 e. The van der Waals surface area contributed by atoms with Gasteiger partial charge in [-0.1, -0.05) is 12.1 Å². The van der Waals surface area contributed by atoms with Crippen LogP contribution in [0.3, 0.4) is 0 Å². The lowest BCUT2D eigenvalue weighted by atomic mass is 10.1. The highest BCUT2D eigenvalue weighted by Crippen LogP contribution is 2.37. The first kappa shape index (κ1) is 23.3. The monoisotopic (exact) mass is 449 g/mol. The molecule has 0 unspecified atom stereocenters. The first-order valence-corrected chi connectivity index (χ1v) is 11.7. The Morgan fingerprint density at radius 2 is 1.64 bits per heavy atom. The average Bonchev–Trinajstić information content (AvgIpc) is 3.13. The van der Waals surface area contributed by atoms with Crippen LogP contribution in [-0.4, -0.2) is 83.2 Å². The molecule has 0 atom stereocenters. The van der Waals surface area contributed by atoms with Crippen LogP contribution in [0.1, 0.15) is 27.9 Å². The number of hydrogen-bond donors (Lipinski definition) is 0. The SMILES string of the molecule is COc1cc2c(cc1OC)C(=O)/C(=C\c1ccc(N3CCN(CCCN(C)C)CC3)cc1)C2. The van der Waals surface area contributed by atoms with Crippen molar-refractivity contribution in [1.82, 2.24) is 9.80 Å². The molecule has 33 heavy (non-hydrogen) atoms. The molecule has 4 rings (SSSR count). The molecular formula is C27H35N3O3. The number of ether oxygens (including phenoxy) is 2. The summed E-state index contributed by atoms with van der Waals surface area (Å²) in [5.74, 6) is 1.32. The fourth-order valence-corrected chi connectivity index (χ4v) is 4.68. The van der Waals surface area contributed by atoms with Gasteiger partial charge in [0, 0.05) is 49.4 Å². The molecule has 2 aromatic rings. The summed E-state index contributed by atoms with van der Waals surface area (Å²) < 4.78 is 10.8. The summed E-state index contributed by atoms with van der Waals surface area (Å²) >= 11 is 0. The van der Waals surface area contributed by atoms with Crippen LogP contribution in [-0.2, 0) is 6.42 Å². The fraction of sp³-hybridized carbons (Fsp3) is 0.444. The number of anilines is 1. The summed E-state index contributed by atoms with van der Waals surface area (Å²) in [6.45, 7) is 6.65. The van der Waals surface area contributed by atoms with Crippen LogP contribution in [0.15, 0.2) is 42.0 Å². The molecular weight excluding hydrogens is 414 g/mol. The number of hydrogen-bond acceptors (Lipinski definition) is 6. The van der Waals surface area contributed by atoms with Crippen LogP contribution < -0.4 is 14.4 Å². The lowest BCUT2D eigenvalue weighted by Crippen LogP contribution is -2.46. The second kappa shape index (κ2) is 10.4. The lowest BCUT2D eigenvalue weighted by molar-refractivity contribution is 0.104. The first-order valence-electron chi connectivity index (χ1n) is 11.7. The lowest BCUT2D eigenvalue weighted by Gasteiger charge is -2.36. The zero-order chi connectivity index (χ0) is 23.4. The number of carbonyl (C=O) groups is 1. The van der Waals surface area contributed by atoms with Crippen LogP contribution in [0, 0.1) is 0 Å². The minimum atomic E-state index is 0.0698. The van der Waals surface area contributed by atoms with Crippen molar-refractivity contribution in [3.05, 3.63) is 58.7 Å². The Labute approximate surface area is 197 Å². The van der Waals surface area contributed by atoms with Gasteiger partial charge in [-0.05, 0) is 75.1 Å². The Hall–Kier alpha value is -2.83. The number of rotatable bonds is 8. The number of piperazine rings is 1. The third-order valence-corrected chi connectivity index (χ3v) is 6.58. The Bertz CT molecular complexity index is 1010. The van der Waals surface area contributed by atoms with Crippen LogP contribution in [0.5, 0.6) is 11.5 Å². The van der Waals surface area contributed by atoms with Crippen LogP contribution in [0.2, 0.25) is 0 Å². The van der Waals surface area contributed by atoms with Crippen LogP contribution in [0.4, 0.5) is 5.69 Å². The van der Waals surface area contributed by atoms with Crippen LogP contribution in [0.25, 0.3) is 6.08 Å².